The second-order valence-corrected chi connectivity index (χ2v) is 8.20. The molecule has 3 heteroatoms. The first-order chi connectivity index (χ1) is 13.8. The second-order valence-electron chi connectivity index (χ2n) is 8.20. The average molecular weight is 372 g/mol. The van der Waals surface area contributed by atoms with E-state index in [0.717, 1.165) is 19.5 Å². The van der Waals surface area contributed by atoms with E-state index in [2.05, 4.69) is 77.1 Å². The van der Waals surface area contributed by atoms with Gasteiger partial charge in [-0.25, -0.2) is 0 Å². The molecule has 2 heterocycles. The molecule has 1 aliphatic carbocycles. The normalized spacial score (nSPS) is 20.6. The molecule has 1 aromatic heterocycles. The van der Waals surface area contributed by atoms with Gasteiger partial charge in [0.1, 0.15) is 0 Å². The lowest BCUT2D eigenvalue weighted by Crippen LogP contribution is -2.27. The Bertz CT molecular complexity index is 999. The van der Waals surface area contributed by atoms with Crippen LogP contribution in [-0.2, 0) is 6.42 Å². The molecule has 5 rings (SSSR count). The van der Waals surface area contributed by atoms with Gasteiger partial charge < -0.3 is 15.6 Å². The van der Waals surface area contributed by atoms with Crippen molar-refractivity contribution in [1.82, 2.24) is 15.6 Å². The van der Waals surface area contributed by atoms with Crippen molar-refractivity contribution in [2.75, 3.05) is 13.1 Å². The van der Waals surface area contributed by atoms with Crippen LogP contribution in [0.2, 0.25) is 0 Å². The minimum atomic E-state index is 0.346. The number of benzene rings is 2. The molecule has 2 atom stereocenters. The standard InChI is InChI=1S/C25H29N3/c1-17(18-6-3-2-4-7-18)27-24-9-5-8-21-22-16-20(19-12-14-26-15-13-19)10-11-23(22)28-25(21)24/h2-4,6-7,10-12,16-17,24,26-28H,5,8-9,13-15H2,1H3. The number of nitrogens with one attached hydrogen (secondary N) is 3. The average Bonchev–Trinajstić information content (AvgIpc) is 3.14. The van der Waals surface area contributed by atoms with Crippen molar-refractivity contribution in [3.8, 4) is 0 Å². The maximum absolute atomic E-state index is 3.88. The maximum atomic E-state index is 3.88. The van der Waals surface area contributed by atoms with E-state index in [-0.39, 0.29) is 0 Å². The van der Waals surface area contributed by atoms with Crippen LogP contribution >= 0.6 is 0 Å². The number of hydrogen-bond acceptors (Lipinski definition) is 2. The molecule has 2 unspecified atom stereocenters. The molecule has 0 spiro atoms. The predicted octanol–water partition coefficient (Wildman–Crippen LogP) is 5.27. The second kappa shape index (κ2) is 7.57. The van der Waals surface area contributed by atoms with Crippen molar-refractivity contribution in [1.29, 1.82) is 0 Å². The summed E-state index contributed by atoms with van der Waals surface area (Å²) in [6, 6.07) is 18.5. The Morgan fingerprint density at radius 2 is 1.96 bits per heavy atom. The SMILES string of the molecule is CC(NC1CCCc2c1[nH]c1ccc(C3=CCNCC3)cc21)c1ccccc1. The van der Waals surface area contributed by atoms with Gasteiger partial charge in [-0.3, -0.25) is 0 Å². The first kappa shape index (κ1) is 17.7. The summed E-state index contributed by atoms with van der Waals surface area (Å²) in [4.78, 5) is 3.76. The van der Waals surface area contributed by atoms with E-state index in [9.17, 15) is 0 Å². The molecular formula is C25H29N3. The highest BCUT2D eigenvalue weighted by Crippen LogP contribution is 2.37. The number of H-pyrrole nitrogens is 1. The molecular weight excluding hydrogens is 342 g/mol. The Balaban J connectivity index is 1.47. The molecule has 0 bridgehead atoms. The molecule has 0 saturated heterocycles. The summed E-state index contributed by atoms with van der Waals surface area (Å²) in [6.45, 7) is 4.34. The third-order valence-electron chi connectivity index (χ3n) is 6.39. The van der Waals surface area contributed by atoms with Gasteiger partial charge >= 0.3 is 0 Å². The molecule has 3 nitrogen and oxygen atoms in total. The van der Waals surface area contributed by atoms with Crippen LogP contribution in [0.5, 0.6) is 0 Å². The lowest BCUT2D eigenvalue weighted by molar-refractivity contribution is 0.410. The van der Waals surface area contributed by atoms with E-state index >= 15 is 0 Å². The summed E-state index contributed by atoms with van der Waals surface area (Å²) < 4.78 is 0. The lowest BCUT2D eigenvalue weighted by Gasteiger charge is -2.27. The summed E-state index contributed by atoms with van der Waals surface area (Å²) in [7, 11) is 0. The topological polar surface area (TPSA) is 39.9 Å². The Morgan fingerprint density at radius 3 is 2.79 bits per heavy atom. The van der Waals surface area contributed by atoms with E-state index in [0.29, 0.717) is 12.1 Å². The molecule has 3 N–H and O–H groups in total. The minimum Gasteiger partial charge on any atom is -0.357 e. The minimum absolute atomic E-state index is 0.346. The van der Waals surface area contributed by atoms with Gasteiger partial charge in [-0.15, -0.1) is 0 Å². The van der Waals surface area contributed by atoms with Crippen LogP contribution in [0.3, 0.4) is 0 Å². The summed E-state index contributed by atoms with van der Waals surface area (Å²) >= 11 is 0. The largest absolute Gasteiger partial charge is 0.357 e. The maximum Gasteiger partial charge on any atom is 0.0480 e. The number of aromatic nitrogens is 1. The fourth-order valence-corrected chi connectivity index (χ4v) is 4.85. The van der Waals surface area contributed by atoms with E-state index < -0.39 is 0 Å². The van der Waals surface area contributed by atoms with Gasteiger partial charge in [-0.2, -0.15) is 0 Å². The highest BCUT2D eigenvalue weighted by molar-refractivity contribution is 5.88. The van der Waals surface area contributed by atoms with Gasteiger partial charge in [0.25, 0.3) is 0 Å². The van der Waals surface area contributed by atoms with Gasteiger partial charge in [-0.05, 0) is 73.5 Å². The van der Waals surface area contributed by atoms with Gasteiger partial charge in [0.05, 0.1) is 0 Å². The van der Waals surface area contributed by atoms with Crippen molar-refractivity contribution in [2.45, 2.75) is 44.7 Å². The van der Waals surface area contributed by atoms with Gasteiger partial charge in [0.2, 0.25) is 0 Å². The van der Waals surface area contributed by atoms with Gasteiger partial charge in [0, 0.05) is 35.2 Å². The molecule has 0 amide bonds. The number of aromatic amines is 1. The van der Waals surface area contributed by atoms with E-state index in [1.165, 1.54) is 58.1 Å². The van der Waals surface area contributed by atoms with E-state index in [4.69, 9.17) is 0 Å². The summed E-state index contributed by atoms with van der Waals surface area (Å²) in [5.41, 5.74) is 8.44. The van der Waals surface area contributed by atoms with Crippen LogP contribution in [0.15, 0.2) is 54.6 Å². The van der Waals surface area contributed by atoms with Crippen molar-refractivity contribution in [3.05, 3.63) is 77.0 Å². The Kier molecular flexibility index (Phi) is 4.79. The Labute approximate surface area is 167 Å². The summed E-state index contributed by atoms with van der Waals surface area (Å²) in [6.07, 6.45) is 7.08. The molecule has 2 aliphatic rings. The zero-order valence-electron chi connectivity index (χ0n) is 16.6. The molecule has 0 radical (unpaired) electrons. The third-order valence-corrected chi connectivity index (χ3v) is 6.39. The number of fused-ring (bicyclic) bond motifs is 3. The van der Waals surface area contributed by atoms with Crippen molar-refractivity contribution >= 4 is 16.5 Å². The van der Waals surface area contributed by atoms with Gasteiger partial charge in [0.15, 0.2) is 0 Å². The highest BCUT2D eigenvalue weighted by atomic mass is 15.0. The van der Waals surface area contributed by atoms with Crippen molar-refractivity contribution in [2.24, 2.45) is 0 Å². The molecule has 2 aromatic carbocycles. The van der Waals surface area contributed by atoms with Crippen LogP contribution in [0.4, 0.5) is 0 Å². The monoisotopic (exact) mass is 371 g/mol. The lowest BCUT2D eigenvalue weighted by atomic mass is 9.90. The van der Waals surface area contributed by atoms with Crippen LogP contribution in [0, 0.1) is 0 Å². The summed E-state index contributed by atoms with van der Waals surface area (Å²) in [5, 5.41) is 8.71. The van der Waals surface area contributed by atoms with Crippen molar-refractivity contribution < 1.29 is 0 Å². The smallest absolute Gasteiger partial charge is 0.0480 e. The predicted molar refractivity (Wildman–Crippen MR) is 117 cm³/mol. The molecule has 3 aromatic rings. The number of aryl methyl sites for hydroxylation is 1. The molecule has 144 valence electrons. The van der Waals surface area contributed by atoms with E-state index in [1.54, 1.807) is 0 Å². The zero-order chi connectivity index (χ0) is 18.9. The van der Waals surface area contributed by atoms with Gasteiger partial charge in [-0.1, -0.05) is 42.5 Å². The van der Waals surface area contributed by atoms with Crippen molar-refractivity contribution in [3.63, 3.8) is 0 Å². The fraction of sp³-hybridized carbons (Fsp3) is 0.360. The zero-order valence-corrected chi connectivity index (χ0v) is 16.6. The van der Waals surface area contributed by atoms with Crippen LogP contribution in [0.1, 0.15) is 60.7 Å². The summed E-state index contributed by atoms with van der Waals surface area (Å²) in [5.74, 6) is 0. The third kappa shape index (κ3) is 3.30. The molecule has 0 saturated carbocycles. The molecule has 28 heavy (non-hydrogen) atoms. The molecule has 1 aliphatic heterocycles. The fourth-order valence-electron chi connectivity index (χ4n) is 4.85. The van der Waals surface area contributed by atoms with Crippen LogP contribution in [0.25, 0.3) is 16.5 Å². The number of rotatable bonds is 4. The van der Waals surface area contributed by atoms with E-state index in [1.807, 2.05) is 0 Å². The first-order valence-corrected chi connectivity index (χ1v) is 10.7. The Morgan fingerprint density at radius 1 is 1.07 bits per heavy atom. The highest BCUT2D eigenvalue weighted by Gasteiger charge is 2.25. The van der Waals surface area contributed by atoms with Crippen LogP contribution < -0.4 is 10.6 Å². The number of hydrogen-bond donors (Lipinski definition) is 3. The quantitative estimate of drug-likeness (QED) is 0.584. The Hall–Kier alpha value is -2.36. The van der Waals surface area contributed by atoms with Crippen LogP contribution in [-0.4, -0.2) is 18.1 Å². The first-order valence-electron chi connectivity index (χ1n) is 10.7. The molecule has 0 fully saturated rings.